The zero-order valence-corrected chi connectivity index (χ0v) is 48.1. The van der Waals surface area contributed by atoms with Crippen molar-refractivity contribution in [1.29, 1.82) is 0 Å². The van der Waals surface area contributed by atoms with Gasteiger partial charge in [-0.1, -0.05) is 271 Å². The molecule has 2 rings (SSSR count). The zero-order valence-electron chi connectivity index (χ0n) is 48.1. The molecule has 0 aliphatic carbocycles. The second kappa shape index (κ2) is 47.8. The van der Waals surface area contributed by atoms with Crippen LogP contribution < -0.4 is 5.32 Å². The van der Waals surface area contributed by atoms with Crippen molar-refractivity contribution in [3.63, 3.8) is 0 Å². The van der Waals surface area contributed by atoms with Gasteiger partial charge in [-0.05, 0) is 12.8 Å². The van der Waals surface area contributed by atoms with Crippen molar-refractivity contribution in [3.8, 4) is 0 Å². The quantitative estimate of drug-likeness (QED) is 0.0259. The van der Waals surface area contributed by atoms with Crippen molar-refractivity contribution in [3.05, 3.63) is 0 Å². The molecule has 2 aliphatic rings. The van der Waals surface area contributed by atoms with Gasteiger partial charge in [0.25, 0.3) is 0 Å². The topological polar surface area (TPSA) is 228 Å². The minimum Gasteiger partial charge on any atom is -0.394 e. The summed E-state index contributed by atoms with van der Waals surface area (Å²) in [6.07, 6.45) is 37.2. The summed E-state index contributed by atoms with van der Waals surface area (Å²) in [4.78, 5) is 13.2. The Hall–Kier alpha value is -1.01. The molecule has 2 heterocycles. The number of unbranched alkanes of at least 4 members (excludes halogenated alkanes) is 39. The summed E-state index contributed by atoms with van der Waals surface area (Å²) in [6, 6.07) is -0.821. The number of aliphatic hydroxyl groups excluding tert-OH is 8. The van der Waals surface area contributed by atoms with Crippen LogP contribution in [0, 0.1) is 0 Å². The lowest BCUT2D eigenvalue weighted by Crippen LogP contribution is -2.65. The van der Waals surface area contributed by atoms with Crippen LogP contribution in [0.25, 0.3) is 0 Å². The van der Waals surface area contributed by atoms with E-state index in [-0.39, 0.29) is 12.5 Å². The first kappa shape index (κ1) is 70.1. The summed E-state index contributed by atoms with van der Waals surface area (Å²) in [5.41, 5.74) is 0. The molecule has 14 heteroatoms. The largest absolute Gasteiger partial charge is 0.394 e. The molecule has 0 aromatic rings. The number of rotatable bonds is 52. The van der Waals surface area contributed by atoms with Gasteiger partial charge in [0.2, 0.25) is 5.91 Å². The van der Waals surface area contributed by atoms with Gasteiger partial charge in [0.05, 0.1) is 32.0 Å². The Balaban J connectivity index is 1.59. The van der Waals surface area contributed by atoms with E-state index in [0.29, 0.717) is 12.8 Å². The Labute approximate surface area is 457 Å². The fourth-order valence-electron chi connectivity index (χ4n) is 10.9. The van der Waals surface area contributed by atoms with E-state index in [1.165, 1.54) is 212 Å². The average Bonchev–Trinajstić information content (AvgIpc) is 3.41. The van der Waals surface area contributed by atoms with Crippen LogP contribution in [0.2, 0.25) is 0 Å². The average molecular weight is 1070 g/mol. The normalized spacial score (nSPS) is 24.9. The molecule has 1 amide bonds. The molecule has 2 fully saturated rings. The molecule has 12 unspecified atom stereocenters. The van der Waals surface area contributed by atoms with Crippen molar-refractivity contribution in [1.82, 2.24) is 5.32 Å². The highest BCUT2D eigenvalue weighted by Gasteiger charge is 2.51. The molecule has 0 aromatic heterocycles. The van der Waals surface area contributed by atoms with Crippen molar-refractivity contribution < 1.29 is 64.6 Å². The predicted molar refractivity (Wildman–Crippen MR) is 300 cm³/mol. The maximum atomic E-state index is 13.2. The maximum absolute atomic E-state index is 13.2. The van der Waals surface area contributed by atoms with Gasteiger partial charge < -0.3 is 65.1 Å². The number of carbonyl (C=O) groups excluding carboxylic acids is 1. The van der Waals surface area contributed by atoms with Crippen LogP contribution in [0.3, 0.4) is 0 Å². The van der Waals surface area contributed by atoms with Gasteiger partial charge in [-0.3, -0.25) is 4.79 Å². The second-order valence-electron chi connectivity index (χ2n) is 22.9. The van der Waals surface area contributed by atoms with Crippen molar-refractivity contribution >= 4 is 5.91 Å². The lowest BCUT2D eigenvalue weighted by atomic mass is 9.97. The molecule has 12 atom stereocenters. The van der Waals surface area contributed by atoms with Crippen molar-refractivity contribution in [2.24, 2.45) is 0 Å². The monoisotopic (exact) mass is 1070 g/mol. The zero-order chi connectivity index (χ0) is 54.6. The highest BCUT2D eigenvalue weighted by molar-refractivity contribution is 5.76. The molecule has 2 saturated heterocycles. The smallest absolute Gasteiger partial charge is 0.220 e. The summed E-state index contributed by atoms with van der Waals surface area (Å²) in [5.74, 6) is -0.201. The summed E-state index contributed by atoms with van der Waals surface area (Å²) in [5, 5.41) is 87.1. The first-order valence-corrected chi connectivity index (χ1v) is 31.8. The van der Waals surface area contributed by atoms with E-state index in [4.69, 9.17) is 18.9 Å². The number of amides is 1. The molecule has 75 heavy (non-hydrogen) atoms. The third kappa shape index (κ3) is 33.4. The number of nitrogens with one attached hydrogen (secondary N) is 1. The molecule has 2 aliphatic heterocycles. The van der Waals surface area contributed by atoms with Crippen molar-refractivity contribution in [2.45, 2.75) is 364 Å². The Morgan fingerprint density at radius 3 is 1.13 bits per heavy atom. The molecule has 0 saturated carbocycles. The third-order valence-electron chi connectivity index (χ3n) is 16.1. The molecular formula is C61H119NO13. The number of aliphatic hydroxyl groups is 8. The van der Waals surface area contributed by atoms with Crippen LogP contribution in [0.4, 0.5) is 0 Å². The number of ether oxygens (including phenoxy) is 4. The first-order valence-electron chi connectivity index (χ1n) is 31.8. The van der Waals surface area contributed by atoms with Gasteiger partial charge in [0, 0.05) is 6.42 Å². The van der Waals surface area contributed by atoms with Crippen LogP contribution in [0.15, 0.2) is 0 Å². The van der Waals surface area contributed by atoms with Gasteiger partial charge in [0.15, 0.2) is 12.6 Å². The molecule has 9 N–H and O–H groups in total. The van der Waals surface area contributed by atoms with E-state index < -0.39 is 86.8 Å². The third-order valence-corrected chi connectivity index (χ3v) is 16.1. The highest BCUT2D eigenvalue weighted by Crippen LogP contribution is 2.30. The van der Waals surface area contributed by atoms with E-state index in [1.54, 1.807) is 0 Å². The first-order chi connectivity index (χ1) is 36.6. The second-order valence-corrected chi connectivity index (χ2v) is 22.9. The Morgan fingerprint density at radius 2 is 0.760 bits per heavy atom. The van der Waals surface area contributed by atoms with Gasteiger partial charge in [0.1, 0.15) is 48.8 Å². The Kier molecular flexibility index (Phi) is 44.6. The molecule has 0 bridgehead atoms. The standard InChI is InChI=1S/C61H119NO13/c1-3-5-7-9-11-13-15-16-17-18-19-20-21-22-23-24-25-26-27-28-29-30-31-32-33-34-35-37-39-41-43-45-53(66)62-49(50(65)44-42-40-38-36-14-12-10-8-6-4-2)48-72-60-58(71)56(69)59(52(47-64)74-60)75-61-57(70)55(68)54(67)51(46-63)73-61/h49-52,54-61,63-65,67-71H,3-48H2,1-2H3,(H,62,66). The van der Waals surface area contributed by atoms with Crippen molar-refractivity contribution in [2.75, 3.05) is 19.8 Å². The maximum Gasteiger partial charge on any atom is 0.220 e. The number of hydrogen-bond acceptors (Lipinski definition) is 13. The van der Waals surface area contributed by atoms with Gasteiger partial charge >= 0.3 is 0 Å². The highest BCUT2D eigenvalue weighted by atomic mass is 16.7. The summed E-state index contributed by atoms with van der Waals surface area (Å²) < 4.78 is 22.8. The SMILES string of the molecule is CCCCCCCCCCCCCCCCCCCCCCCCCCCCCCCCCC(=O)NC(COC1OC(CO)C(OC2OC(CO)C(O)C(O)C2O)C(O)C1O)C(O)CCCCCCCCCCCC. The van der Waals surface area contributed by atoms with Crippen LogP contribution in [0.5, 0.6) is 0 Å². The van der Waals surface area contributed by atoms with E-state index in [0.717, 1.165) is 51.4 Å². The molecule has 446 valence electrons. The van der Waals surface area contributed by atoms with Crippen LogP contribution in [-0.2, 0) is 23.7 Å². The van der Waals surface area contributed by atoms with E-state index >= 15 is 0 Å². The Bertz CT molecular complexity index is 1270. The molecular weight excluding hydrogens is 955 g/mol. The van der Waals surface area contributed by atoms with E-state index in [2.05, 4.69) is 19.2 Å². The fraction of sp³-hybridized carbons (Fsp3) is 0.984. The van der Waals surface area contributed by atoms with E-state index in [9.17, 15) is 45.6 Å². The molecule has 0 spiro atoms. The lowest BCUT2D eigenvalue weighted by Gasteiger charge is -2.46. The fourth-order valence-corrected chi connectivity index (χ4v) is 10.9. The predicted octanol–water partition coefficient (Wildman–Crippen LogP) is 11.3. The minimum atomic E-state index is -1.78. The van der Waals surface area contributed by atoms with Gasteiger partial charge in [-0.15, -0.1) is 0 Å². The molecule has 14 nitrogen and oxygen atoms in total. The number of hydrogen-bond donors (Lipinski definition) is 9. The summed E-state index contributed by atoms with van der Waals surface area (Å²) in [6.45, 7) is 2.87. The lowest BCUT2D eigenvalue weighted by molar-refractivity contribution is -0.359. The summed E-state index contributed by atoms with van der Waals surface area (Å²) >= 11 is 0. The van der Waals surface area contributed by atoms with E-state index in [1.807, 2.05) is 0 Å². The van der Waals surface area contributed by atoms with Crippen LogP contribution in [0.1, 0.15) is 290 Å². The van der Waals surface area contributed by atoms with Crippen LogP contribution in [-0.4, -0.2) is 140 Å². The van der Waals surface area contributed by atoms with Gasteiger partial charge in [-0.2, -0.15) is 0 Å². The minimum absolute atomic E-state index is 0.201. The molecule has 0 radical (unpaired) electrons. The van der Waals surface area contributed by atoms with Crippen LogP contribution >= 0.6 is 0 Å². The Morgan fingerprint density at radius 1 is 0.427 bits per heavy atom. The summed E-state index contributed by atoms with van der Waals surface area (Å²) in [7, 11) is 0. The van der Waals surface area contributed by atoms with Gasteiger partial charge in [-0.25, -0.2) is 0 Å². The molecule has 0 aromatic carbocycles. The number of carbonyl (C=O) groups is 1.